The Balaban J connectivity index is 4.45. The zero-order valence-corrected chi connectivity index (χ0v) is 10.3. The summed E-state index contributed by atoms with van der Waals surface area (Å²) >= 11 is 3.75. The van der Waals surface area contributed by atoms with Crippen LogP contribution in [-0.4, -0.2) is 29.5 Å². The zero-order valence-electron chi connectivity index (χ0n) is 9.42. The topological polar surface area (TPSA) is 164 Å². The van der Waals surface area contributed by atoms with Crippen LogP contribution in [0.3, 0.4) is 0 Å². The van der Waals surface area contributed by atoms with Gasteiger partial charge in [-0.15, -0.1) is 0 Å². The molecule has 0 saturated carbocycles. The summed E-state index contributed by atoms with van der Waals surface area (Å²) in [4.78, 5) is 33.6. The minimum Gasteiger partial charge on any atom is -0.344 e. The first-order chi connectivity index (χ1) is 8.54. The number of rotatable bonds is 7. The number of nitrogens with one attached hydrogen (secondary N) is 3. The first-order valence-corrected chi connectivity index (χ1v) is 5.47. The van der Waals surface area contributed by atoms with E-state index in [1.54, 1.807) is 0 Å². The highest BCUT2D eigenvalue weighted by Crippen LogP contribution is 1.98. The number of hydrazine groups is 1. The Kier molecular flexibility index (Phi) is 8.22. The van der Waals surface area contributed by atoms with Crippen molar-refractivity contribution in [2.45, 2.75) is 18.9 Å². The Morgan fingerprint density at radius 3 is 2.44 bits per heavy atom. The maximum Gasteiger partial charge on any atom is 0.264 e. The molecule has 0 spiro atoms. The highest BCUT2D eigenvalue weighted by atomic mass is 32.1. The van der Waals surface area contributed by atoms with Gasteiger partial charge in [0, 0.05) is 6.42 Å². The fourth-order valence-corrected chi connectivity index (χ4v) is 1.10. The molecule has 0 heterocycles. The molecule has 102 valence electrons. The molecular formula is C7H15N7O3S. The Morgan fingerprint density at radius 1 is 1.28 bits per heavy atom. The van der Waals surface area contributed by atoms with Gasteiger partial charge in [0.05, 0.1) is 5.75 Å². The second-order valence-corrected chi connectivity index (χ2v) is 3.39. The maximum atomic E-state index is 11.5. The third-order valence-corrected chi connectivity index (χ3v) is 2.12. The summed E-state index contributed by atoms with van der Waals surface area (Å²) in [6, 6.07) is -0.951. The minimum atomic E-state index is -0.951. The lowest BCUT2D eigenvalue weighted by molar-refractivity contribution is -0.128. The SMILES string of the molecule is NN=NNC(=O)C(CCC(=O)NN)NC(=O)CS. The van der Waals surface area contributed by atoms with E-state index in [0.717, 1.165) is 0 Å². The molecule has 0 fully saturated rings. The normalized spacial score (nSPS) is 11.9. The fraction of sp³-hybridized carbons (Fsp3) is 0.571. The van der Waals surface area contributed by atoms with Crippen molar-refractivity contribution in [2.24, 2.45) is 22.1 Å². The lowest BCUT2D eigenvalue weighted by Gasteiger charge is -2.15. The van der Waals surface area contributed by atoms with Crippen LogP contribution in [0.1, 0.15) is 12.8 Å². The summed E-state index contributed by atoms with van der Waals surface area (Å²) in [5, 5.41) is 8.28. The molecule has 18 heavy (non-hydrogen) atoms. The van der Waals surface area contributed by atoms with Crippen molar-refractivity contribution in [1.29, 1.82) is 0 Å². The molecule has 0 aliphatic rings. The van der Waals surface area contributed by atoms with Crippen LogP contribution in [0.5, 0.6) is 0 Å². The van der Waals surface area contributed by atoms with Gasteiger partial charge in [-0.05, 0) is 11.6 Å². The van der Waals surface area contributed by atoms with Gasteiger partial charge in [0.2, 0.25) is 11.8 Å². The molecule has 0 radical (unpaired) electrons. The minimum absolute atomic E-state index is 0.0405. The van der Waals surface area contributed by atoms with E-state index in [1.807, 2.05) is 10.9 Å². The van der Waals surface area contributed by atoms with Gasteiger partial charge < -0.3 is 11.2 Å². The second kappa shape index (κ2) is 9.18. The molecule has 0 rings (SSSR count). The first-order valence-electron chi connectivity index (χ1n) is 4.84. The quantitative estimate of drug-likeness (QED) is 0.0996. The average Bonchev–Trinajstić information content (AvgIpc) is 2.39. The Bertz CT molecular complexity index is 335. The van der Waals surface area contributed by atoms with Crippen LogP contribution in [0.15, 0.2) is 10.4 Å². The van der Waals surface area contributed by atoms with Crippen LogP contribution < -0.4 is 27.9 Å². The van der Waals surface area contributed by atoms with E-state index >= 15 is 0 Å². The predicted octanol–water partition coefficient (Wildman–Crippen LogP) is -2.47. The van der Waals surface area contributed by atoms with Crippen molar-refractivity contribution in [3.05, 3.63) is 0 Å². The number of hydrogen-bond donors (Lipinski definition) is 6. The molecular weight excluding hydrogens is 262 g/mol. The van der Waals surface area contributed by atoms with Crippen molar-refractivity contribution in [2.75, 3.05) is 5.75 Å². The van der Waals surface area contributed by atoms with Crippen molar-refractivity contribution in [3.8, 4) is 0 Å². The van der Waals surface area contributed by atoms with Gasteiger partial charge in [0.15, 0.2) is 0 Å². The van der Waals surface area contributed by atoms with E-state index in [9.17, 15) is 14.4 Å². The molecule has 0 bridgehead atoms. The number of amides is 3. The van der Waals surface area contributed by atoms with Gasteiger partial charge in [-0.1, -0.05) is 5.22 Å². The molecule has 1 atom stereocenters. The zero-order chi connectivity index (χ0) is 14.0. The monoisotopic (exact) mass is 277 g/mol. The maximum absolute atomic E-state index is 11.5. The molecule has 1 unspecified atom stereocenters. The molecule has 11 heteroatoms. The van der Waals surface area contributed by atoms with Crippen molar-refractivity contribution < 1.29 is 14.4 Å². The van der Waals surface area contributed by atoms with Crippen molar-refractivity contribution in [1.82, 2.24) is 16.2 Å². The van der Waals surface area contributed by atoms with E-state index in [0.29, 0.717) is 0 Å². The Hall–Kier alpha value is -1.88. The molecule has 0 aromatic carbocycles. The Morgan fingerprint density at radius 2 is 1.94 bits per heavy atom. The van der Waals surface area contributed by atoms with E-state index < -0.39 is 23.8 Å². The van der Waals surface area contributed by atoms with E-state index in [2.05, 4.69) is 28.4 Å². The highest BCUT2D eigenvalue weighted by Gasteiger charge is 2.21. The predicted molar refractivity (Wildman–Crippen MR) is 64.5 cm³/mol. The van der Waals surface area contributed by atoms with Gasteiger partial charge in [-0.3, -0.25) is 19.8 Å². The summed E-state index contributed by atoms with van der Waals surface area (Å²) in [5.41, 5.74) is 3.90. The van der Waals surface area contributed by atoms with Crippen LogP contribution in [0, 0.1) is 0 Å². The summed E-state index contributed by atoms with van der Waals surface area (Å²) < 4.78 is 0. The Labute approximate surface area is 108 Å². The fourth-order valence-electron chi connectivity index (χ4n) is 1.01. The third kappa shape index (κ3) is 6.65. The number of nitrogens with zero attached hydrogens (tertiary/aromatic N) is 2. The average molecular weight is 277 g/mol. The van der Waals surface area contributed by atoms with Crippen molar-refractivity contribution >= 4 is 30.4 Å². The molecule has 7 N–H and O–H groups in total. The van der Waals surface area contributed by atoms with Crippen LogP contribution in [-0.2, 0) is 14.4 Å². The summed E-state index contributed by atoms with van der Waals surface area (Å²) in [6.07, 6.45) is 0.00960. The number of carbonyl (C=O) groups is 3. The van der Waals surface area contributed by atoms with Gasteiger partial charge in [0.25, 0.3) is 5.91 Å². The molecule has 10 nitrogen and oxygen atoms in total. The van der Waals surface area contributed by atoms with E-state index in [1.165, 1.54) is 0 Å². The van der Waals surface area contributed by atoms with E-state index in [4.69, 9.17) is 11.7 Å². The van der Waals surface area contributed by atoms with E-state index in [-0.39, 0.29) is 18.6 Å². The van der Waals surface area contributed by atoms with Gasteiger partial charge >= 0.3 is 0 Å². The highest BCUT2D eigenvalue weighted by molar-refractivity contribution is 7.81. The van der Waals surface area contributed by atoms with Gasteiger partial charge in [-0.2, -0.15) is 12.6 Å². The summed E-state index contributed by atoms with van der Waals surface area (Å²) in [5.74, 6) is 7.94. The van der Waals surface area contributed by atoms with Gasteiger partial charge in [0.1, 0.15) is 6.04 Å². The van der Waals surface area contributed by atoms with Crippen molar-refractivity contribution in [3.63, 3.8) is 0 Å². The second-order valence-electron chi connectivity index (χ2n) is 3.08. The molecule has 0 aliphatic carbocycles. The first kappa shape index (κ1) is 16.1. The molecule has 0 saturated heterocycles. The number of hydrogen-bond acceptors (Lipinski definition) is 7. The lowest BCUT2D eigenvalue weighted by Crippen LogP contribution is -2.46. The smallest absolute Gasteiger partial charge is 0.264 e. The molecule has 0 aromatic rings. The third-order valence-electron chi connectivity index (χ3n) is 1.83. The van der Waals surface area contributed by atoms with Crippen LogP contribution >= 0.6 is 12.6 Å². The summed E-state index contributed by atoms with van der Waals surface area (Å²) in [7, 11) is 0. The molecule has 3 amide bonds. The molecule has 0 aromatic heterocycles. The lowest BCUT2D eigenvalue weighted by atomic mass is 10.1. The number of carbonyl (C=O) groups excluding carboxylic acids is 3. The number of nitrogens with two attached hydrogens (primary N) is 2. The van der Waals surface area contributed by atoms with Crippen LogP contribution in [0.4, 0.5) is 0 Å². The molecule has 0 aliphatic heterocycles. The number of thiol groups is 1. The summed E-state index contributed by atoms with van der Waals surface area (Å²) in [6.45, 7) is 0. The van der Waals surface area contributed by atoms with Crippen LogP contribution in [0.25, 0.3) is 0 Å². The standard InChI is InChI=1S/C7H15N7O3S/c8-11-5(15)2-1-4(10-6(16)3-18)7(17)12-14-13-9/h4,18H,1-3,8H2,(H2,9,14)(H,10,16)(H,11,15)(H,12,13,17). The largest absolute Gasteiger partial charge is 0.344 e. The van der Waals surface area contributed by atoms with Crippen LogP contribution in [0.2, 0.25) is 0 Å². The van der Waals surface area contributed by atoms with Gasteiger partial charge in [-0.25, -0.2) is 11.3 Å².